The molecular formula is C26H23Cl2N3O2. The van der Waals surface area contributed by atoms with Crippen molar-refractivity contribution in [3.63, 3.8) is 0 Å². The van der Waals surface area contributed by atoms with Gasteiger partial charge in [-0.05, 0) is 48.4 Å². The van der Waals surface area contributed by atoms with E-state index in [0.29, 0.717) is 22.0 Å². The molecule has 4 rings (SSSR count). The molecule has 0 aliphatic carbocycles. The molecule has 0 radical (unpaired) electrons. The van der Waals surface area contributed by atoms with Crippen molar-refractivity contribution in [1.29, 1.82) is 0 Å². The summed E-state index contributed by atoms with van der Waals surface area (Å²) in [5, 5.41) is 7.84. The first kappa shape index (κ1) is 22.9. The van der Waals surface area contributed by atoms with Crippen LogP contribution in [0.25, 0.3) is 10.9 Å². The molecule has 0 fully saturated rings. The predicted octanol–water partition coefficient (Wildman–Crippen LogP) is 5.69. The van der Waals surface area contributed by atoms with E-state index >= 15 is 0 Å². The Hall–Kier alpha value is -3.28. The maximum atomic E-state index is 13.3. The van der Waals surface area contributed by atoms with Crippen molar-refractivity contribution in [1.82, 2.24) is 15.6 Å². The van der Waals surface area contributed by atoms with Gasteiger partial charge in [0.1, 0.15) is 6.04 Å². The second-order valence-corrected chi connectivity index (χ2v) is 8.69. The molecule has 0 aliphatic rings. The van der Waals surface area contributed by atoms with Crippen LogP contribution in [-0.4, -0.2) is 22.8 Å². The number of amides is 2. The summed E-state index contributed by atoms with van der Waals surface area (Å²) >= 11 is 12.2. The molecule has 1 aromatic heterocycles. The molecular weight excluding hydrogens is 457 g/mol. The molecule has 0 saturated carbocycles. The fourth-order valence-electron chi connectivity index (χ4n) is 3.76. The Morgan fingerprint density at radius 2 is 1.61 bits per heavy atom. The maximum Gasteiger partial charge on any atom is 0.253 e. The lowest BCUT2D eigenvalue weighted by molar-refractivity contribution is -0.123. The van der Waals surface area contributed by atoms with E-state index in [1.807, 2.05) is 49.5 Å². The lowest BCUT2D eigenvalue weighted by Gasteiger charge is -2.22. The van der Waals surface area contributed by atoms with Gasteiger partial charge in [-0.3, -0.25) is 9.59 Å². The zero-order chi connectivity index (χ0) is 23.4. The molecule has 0 spiro atoms. The number of rotatable bonds is 7. The fourth-order valence-corrected chi connectivity index (χ4v) is 4.11. The largest absolute Gasteiger partial charge is 0.361 e. The van der Waals surface area contributed by atoms with Crippen molar-refractivity contribution in [2.45, 2.75) is 25.4 Å². The molecule has 1 unspecified atom stereocenters. The van der Waals surface area contributed by atoms with Crippen LogP contribution in [0.4, 0.5) is 0 Å². The standard InChI is InChI=1S/C26H23Cl2N3O2/c1-16(17-10-12-19(27)13-11-17)30-26(33)24(31-25(32)21-7-2-4-8-22(21)28)14-18-15-29-23-9-5-3-6-20(18)23/h2-13,15-16,24,29H,14H2,1H3,(H,30,33)(H,31,32)/t16?,24-/m0/s1. The quantitative estimate of drug-likeness (QED) is 0.318. The molecule has 4 aromatic rings. The van der Waals surface area contributed by atoms with Crippen LogP contribution in [0.5, 0.6) is 0 Å². The Labute approximate surface area is 202 Å². The topological polar surface area (TPSA) is 74.0 Å². The number of aromatic nitrogens is 1. The van der Waals surface area contributed by atoms with Gasteiger partial charge in [-0.1, -0.05) is 65.7 Å². The van der Waals surface area contributed by atoms with Gasteiger partial charge in [0, 0.05) is 28.5 Å². The molecule has 168 valence electrons. The van der Waals surface area contributed by atoms with E-state index in [-0.39, 0.29) is 11.9 Å². The summed E-state index contributed by atoms with van der Waals surface area (Å²) in [6, 6.07) is 20.8. The minimum atomic E-state index is -0.803. The van der Waals surface area contributed by atoms with Crippen molar-refractivity contribution in [2.75, 3.05) is 0 Å². The zero-order valence-corrected chi connectivity index (χ0v) is 19.5. The highest BCUT2D eigenvalue weighted by atomic mass is 35.5. The van der Waals surface area contributed by atoms with Crippen LogP contribution in [0, 0.1) is 0 Å². The van der Waals surface area contributed by atoms with Crippen molar-refractivity contribution in [3.8, 4) is 0 Å². The van der Waals surface area contributed by atoms with Crippen molar-refractivity contribution >= 4 is 45.9 Å². The molecule has 3 aromatic carbocycles. The number of fused-ring (bicyclic) bond motifs is 1. The SMILES string of the molecule is CC(NC(=O)[C@H](Cc1c[nH]c2ccccc12)NC(=O)c1ccccc1Cl)c1ccc(Cl)cc1. The predicted molar refractivity (Wildman–Crippen MR) is 133 cm³/mol. The normalized spacial score (nSPS) is 12.8. The average molecular weight is 480 g/mol. The molecule has 5 nitrogen and oxygen atoms in total. The highest BCUT2D eigenvalue weighted by molar-refractivity contribution is 6.33. The summed E-state index contributed by atoms with van der Waals surface area (Å²) in [6.07, 6.45) is 2.19. The van der Waals surface area contributed by atoms with Crippen LogP contribution in [0.3, 0.4) is 0 Å². The first-order chi connectivity index (χ1) is 15.9. The third-order valence-electron chi connectivity index (χ3n) is 5.57. The van der Waals surface area contributed by atoms with Gasteiger partial charge in [0.25, 0.3) is 5.91 Å². The Morgan fingerprint density at radius 1 is 0.909 bits per heavy atom. The summed E-state index contributed by atoms with van der Waals surface area (Å²) < 4.78 is 0. The van der Waals surface area contributed by atoms with Gasteiger partial charge in [-0.15, -0.1) is 0 Å². The lowest BCUT2D eigenvalue weighted by Crippen LogP contribution is -2.48. The highest BCUT2D eigenvalue weighted by Crippen LogP contribution is 2.21. The number of carbonyl (C=O) groups is 2. The fraction of sp³-hybridized carbons (Fsp3) is 0.154. The first-order valence-electron chi connectivity index (χ1n) is 10.6. The second-order valence-electron chi connectivity index (χ2n) is 7.85. The zero-order valence-electron chi connectivity index (χ0n) is 17.9. The smallest absolute Gasteiger partial charge is 0.253 e. The minimum Gasteiger partial charge on any atom is -0.361 e. The molecule has 1 heterocycles. The van der Waals surface area contributed by atoms with Crippen LogP contribution < -0.4 is 10.6 Å². The Morgan fingerprint density at radius 3 is 2.36 bits per heavy atom. The summed E-state index contributed by atoms with van der Waals surface area (Å²) in [5.41, 5.74) is 3.14. The Balaban J connectivity index is 1.58. The van der Waals surface area contributed by atoms with Gasteiger partial charge < -0.3 is 15.6 Å². The monoisotopic (exact) mass is 479 g/mol. The van der Waals surface area contributed by atoms with Gasteiger partial charge in [0.2, 0.25) is 5.91 Å². The number of para-hydroxylation sites is 1. The summed E-state index contributed by atoms with van der Waals surface area (Å²) in [5.74, 6) is -0.692. The van der Waals surface area contributed by atoms with E-state index in [0.717, 1.165) is 22.0 Å². The molecule has 0 bridgehead atoms. The number of hydrogen-bond donors (Lipinski definition) is 3. The van der Waals surface area contributed by atoms with E-state index in [9.17, 15) is 9.59 Å². The maximum absolute atomic E-state index is 13.3. The van der Waals surface area contributed by atoms with Gasteiger partial charge in [0.05, 0.1) is 16.6 Å². The van der Waals surface area contributed by atoms with Crippen molar-refractivity contribution < 1.29 is 9.59 Å². The van der Waals surface area contributed by atoms with Crippen LogP contribution in [0.2, 0.25) is 10.0 Å². The lowest BCUT2D eigenvalue weighted by atomic mass is 10.0. The molecule has 3 N–H and O–H groups in total. The van der Waals surface area contributed by atoms with Crippen LogP contribution in [0.1, 0.15) is 34.5 Å². The molecule has 2 amide bonds. The van der Waals surface area contributed by atoms with Crippen LogP contribution in [0.15, 0.2) is 79.0 Å². The van der Waals surface area contributed by atoms with E-state index in [1.165, 1.54) is 0 Å². The van der Waals surface area contributed by atoms with E-state index < -0.39 is 11.9 Å². The van der Waals surface area contributed by atoms with Gasteiger partial charge in [-0.25, -0.2) is 0 Å². The van der Waals surface area contributed by atoms with Gasteiger partial charge >= 0.3 is 0 Å². The number of hydrogen-bond acceptors (Lipinski definition) is 2. The van der Waals surface area contributed by atoms with Crippen molar-refractivity contribution in [2.24, 2.45) is 0 Å². The van der Waals surface area contributed by atoms with Gasteiger partial charge in [-0.2, -0.15) is 0 Å². The summed E-state index contributed by atoms with van der Waals surface area (Å²) in [7, 11) is 0. The van der Waals surface area contributed by atoms with Crippen LogP contribution in [-0.2, 0) is 11.2 Å². The molecule has 0 aliphatic heterocycles. The van der Waals surface area contributed by atoms with Gasteiger partial charge in [0.15, 0.2) is 0 Å². The molecule has 0 saturated heterocycles. The summed E-state index contributed by atoms with van der Waals surface area (Å²) in [6.45, 7) is 1.89. The number of benzene rings is 3. The van der Waals surface area contributed by atoms with Crippen molar-refractivity contribution in [3.05, 3.63) is 106 Å². The number of aromatic amines is 1. The number of H-pyrrole nitrogens is 1. The van der Waals surface area contributed by atoms with E-state index in [4.69, 9.17) is 23.2 Å². The summed E-state index contributed by atoms with van der Waals surface area (Å²) in [4.78, 5) is 29.5. The first-order valence-corrected chi connectivity index (χ1v) is 11.3. The molecule has 33 heavy (non-hydrogen) atoms. The third kappa shape index (κ3) is 5.38. The molecule has 2 atom stereocenters. The molecule has 7 heteroatoms. The number of halogens is 2. The number of nitrogens with one attached hydrogen (secondary N) is 3. The number of carbonyl (C=O) groups excluding carboxylic acids is 2. The Kier molecular flexibility index (Phi) is 7.02. The average Bonchev–Trinajstić information content (AvgIpc) is 3.22. The Bertz CT molecular complexity index is 1280. The van der Waals surface area contributed by atoms with E-state index in [1.54, 1.807) is 36.4 Å². The minimum absolute atomic E-state index is 0.266. The highest BCUT2D eigenvalue weighted by Gasteiger charge is 2.25. The second kappa shape index (κ2) is 10.1. The van der Waals surface area contributed by atoms with Crippen LogP contribution >= 0.6 is 23.2 Å². The third-order valence-corrected chi connectivity index (χ3v) is 6.15. The van der Waals surface area contributed by atoms with E-state index in [2.05, 4.69) is 15.6 Å².